The lowest BCUT2D eigenvalue weighted by Crippen LogP contribution is -2.53. The summed E-state index contributed by atoms with van der Waals surface area (Å²) in [5.41, 5.74) is 2.53. The Balaban J connectivity index is 1.42. The number of aromatic nitrogens is 5. The number of fused-ring (bicyclic) bond motifs is 1. The molecule has 3 aromatic heterocycles. The van der Waals surface area contributed by atoms with Crippen molar-refractivity contribution in [2.24, 2.45) is 12.5 Å². The standard InChI is InChI=1S/C21H23N7O2S/c1-21(2)13-27(14-21)16-7-8-22-19(9-16)28-12-17(11-24-28)31(29,30)25-18-6-4-5-15-10-23-26(3)20(15)18/h4-12,25H,13-14H2,1-3H3. The smallest absolute Gasteiger partial charge is 0.265 e. The van der Waals surface area contributed by atoms with Crippen molar-refractivity contribution in [2.75, 3.05) is 22.7 Å². The predicted molar refractivity (Wildman–Crippen MR) is 119 cm³/mol. The molecule has 31 heavy (non-hydrogen) atoms. The molecule has 10 heteroatoms. The molecule has 1 fully saturated rings. The summed E-state index contributed by atoms with van der Waals surface area (Å²) in [6, 6.07) is 9.26. The highest BCUT2D eigenvalue weighted by molar-refractivity contribution is 7.92. The number of hydrogen-bond acceptors (Lipinski definition) is 6. The topological polar surface area (TPSA) is 97.9 Å². The van der Waals surface area contributed by atoms with E-state index in [0.717, 1.165) is 24.2 Å². The van der Waals surface area contributed by atoms with Gasteiger partial charge in [-0.1, -0.05) is 26.0 Å². The fourth-order valence-corrected chi connectivity index (χ4v) is 4.99. The van der Waals surface area contributed by atoms with E-state index >= 15 is 0 Å². The van der Waals surface area contributed by atoms with Gasteiger partial charge < -0.3 is 4.90 Å². The molecule has 9 nitrogen and oxygen atoms in total. The van der Waals surface area contributed by atoms with Gasteiger partial charge in [-0.15, -0.1) is 0 Å². The van der Waals surface area contributed by atoms with Crippen molar-refractivity contribution in [3.8, 4) is 5.82 Å². The van der Waals surface area contributed by atoms with Gasteiger partial charge in [0.05, 0.1) is 29.8 Å². The van der Waals surface area contributed by atoms with Crippen LogP contribution in [0.2, 0.25) is 0 Å². The number of para-hydroxylation sites is 1. The summed E-state index contributed by atoms with van der Waals surface area (Å²) >= 11 is 0. The Morgan fingerprint density at radius 3 is 2.68 bits per heavy atom. The van der Waals surface area contributed by atoms with Crippen LogP contribution in [0.4, 0.5) is 11.4 Å². The summed E-state index contributed by atoms with van der Waals surface area (Å²) in [6.45, 7) is 6.40. The lowest BCUT2D eigenvalue weighted by Gasteiger charge is -2.47. The monoisotopic (exact) mass is 437 g/mol. The molecule has 4 aromatic rings. The molecule has 0 spiro atoms. The van der Waals surface area contributed by atoms with Crippen LogP contribution < -0.4 is 9.62 Å². The number of sulfonamides is 1. The number of rotatable bonds is 5. The first-order chi connectivity index (χ1) is 14.7. The molecule has 0 aliphatic carbocycles. The van der Waals surface area contributed by atoms with E-state index in [1.165, 1.54) is 17.1 Å². The molecule has 0 amide bonds. The van der Waals surface area contributed by atoms with Crippen LogP contribution in [0, 0.1) is 5.41 Å². The zero-order chi connectivity index (χ0) is 21.8. The van der Waals surface area contributed by atoms with Crippen molar-refractivity contribution in [1.29, 1.82) is 0 Å². The second kappa shape index (κ2) is 6.81. The summed E-state index contributed by atoms with van der Waals surface area (Å²) in [5.74, 6) is 0.567. The molecular weight excluding hydrogens is 414 g/mol. The van der Waals surface area contributed by atoms with E-state index in [9.17, 15) is 8.42 Å². The van der Waals surface area contributed by atoms with E-state index < -0.39 is 10.0 Å². The van der Waals surface area contributed by atoms with Crippen LogP contribution in [0.3, 0.4) is 0 Å². The van der Waals surface area contributed by atoms with E-state index in [4.69, 9.17) is 0 Å². The zero-order valence-electron chi connectivity index (χ0n) is 17.5. The minimum Gasteiger partial charge on any atom is -0.370 e. The summed E-state index contributed by atoms with van der Waals surface area (Å²) < 4.78 is 31.8. The molecule has 0 atom stereocenters. The molecule has 1 saturated heterocycles. The van der Waals surface area contributed by atoms with Crippen LogP contribution >= 0.6 is 0 Å². The van der Waals surface area contributed by atoms with Crippen molar-refractivity contribution in [3.05, 3.63) is 55.1 Å². The highest BCUT2D eigenvalue weighted by Gasteiger charge is 2.34. The molecule has 4 heterocycles. The van der Waals surface area contributed by atoms with Gasteiger partial charge in [-0.2, -0.15) is 10.2 Å². The second-order valence-corrected chi connectivity index (χ2v) is 10.3. The van der Waals surface area contributed by atoms with Crippen LogP contribution in [0.15, 0.2) is 60.0 Å². The average molecular weight is 438 g/mol. The number of nitrogens with one attached hydrogen (secondary N) is 1. The minimum atomic E-state index is -3.83. The van der Waals surface area contributed by atoms with E-state index in [1.807, 2.05) is 18.2 Å². The van der Waals surface area contributed by atoms with Crippen molar-refractivity contribution in [1.82, 2.24) is 24.5 Å². The summed E-state index contributed by atoms with van der Waals surface area (Å²) in [4.78, 5) is 6.68. The van der Waals surface area contributed by atoms with E-state index in [2.05, 4.69) is 38.7 Å². The first kappa shape index (κ1) is 19.6. The highest BCUT2D eigenvalue weighted by Crippen LogP contribution is 2.33. The maximum absolute atomic E-state index is 13.0. The number of benzene rings is 1. The Hall–Kier alpha value is -3.40. The maximum atomic E-state index is 13.0. The third-order valence-electron chi connectivity index (χ3n) is 5.44. The second-order valence-electron chi connectivity index (χ2n) is 8.63. The summed E-state index contributed by atoms with van der Waals surface area (Å²) in [7, 11) is -2.06. The van der Waals surface area contributed by atoms with Gasteiger partial charge in [-0.25, -0.2) is 18.1 Å². The Kier molecular flexibility index (Phi) is 4.30. The van der Waals surface area contributed by atoms with Crippen LogP contribution in [-0.2, 0) is 17.1 Å². The molecular formula is C21H23N7O2S. The van der Waals surface area contributed by atoms with Gasteiger partial charge in [-0.05, 0) is 17.5 Å². The molecule has 1 aliphatic rings. The summed E-state index contributed by atoms with van der Waals surface area (Å²) in [5, 5.41) is 9.29. The molecule has 5 rings (SSSR count). The first-order valence-electron chi connectivity index (χ1n) is 9.91. The van der Waals surface area contributed by atoms with Gasteiger partial charge in [0, 0.05) is 43.5 Å². The van der Waals surface area contributed by atoms with E-state index in [-0.39, 0.29) is 4.90 Å². The SMILES string of the molecule is Cn1ncc2cccc(NS(=O)(=O)c3cnn(-c4cc(N5CC(C)(C)C5)ccn4)c3)c21. The van der Waals surface area contributed by atoms with Gasteiger partial charge in [-0.3, -0.25) is 9.40 Å². The molecule has 0 unspecified atom stereocenters. The number of hydrogen-bond donors (Lipinski definition) is 1. The fourth-order valence-electron chi connectivity index (χ4n) is 3.99. The number of nitrogens with zero attached hydrogens (tertiary/aromatic N) is 6. The van der Waals surface area contributed by atoms with Crippen LogP contribution in [-0.4, -0.2) is 46.1 Å². The van der Waals surface area contributed by atoms with Crippen molar-refractivity contribution < 1.29 is 8.42 Å². The van der Waals surface area contributed by atoms with Crippen molar-refractivity contribution in [2.45, 2.75) is 18.7 Å². The fraction of sp³-hybridized carbons (Fsp3) is 0.286. The van der Waals surface area contributed by atoms with E-state index in [0.29, 0.717) is 22.4 Å². The van der Waals surface area contributed by atoms with Gasteiger partial charge >= 0.3 is 0 Å². The highest BCUT2D eigenvalue weighted by atomic mass is 32.2. The molecule has 160 valence electrons. The third-order valence-corrected chi connectivity index (χ3v) is 6.76. The van der Waals surface area contributed by atoms with Gasteiger partial charge in [0.25, 0.3) is 10.0 Å². The molecule has 0 saturated carbocycles. The quantitative estimate of drug-likeness (QED) is 0.516. The maximum Gasteiger partial charge on any atom is 0.265 e. The number of pyridine rings is 1. The molecule has 1 aliphatic heterocycles. The zero-order valence-corrected chi connectivity index (χ0v) is 18.3. The Bertz CT molecular complexity index is 1380. The number of aryl methyl sites for hydroxylation is 1. The lowest BCUT2D eigenvalue weighted by molar-refractivity contribution is 0.276. The Labute approximate surface area is 180 Å². The van der Waals surface area contributed by atoms with Crippen LogP contribution in [0.25, 0.3) is 16.7 Å². The van der Waals surface area contributed by atoms with E-state index in [1.54, 1.807) is 36.3 Å². The van der Waals surface area contributed by atoms with Crippen LogP contribution in [0.5, 0.6) is 0 Å². The summed E-state index contributed by atoms with van der Waals surface area (Å²) in [6.07, 6.45) is 6.21. The number of anilines is 2. The van der Waals surface area contributed by atoms with Gasteiger partial charge in [0.15, 0.2) is 5.82 Å². The predicted octanol–water partition coefficient (Wildman–Crippen LogP) is 2.80. The minimum absolute atomic E-state index is 0.0592. The third kappa shape index (κ3) is 3.52. The largest absolute Gasteiger partial charge is 0.370 e. The van der Waals surface area contributed by atoms with Crippen molar-refractivity contribution in [3.63, 3.8) is 0 Å². The normalized spacial score (nSPS) is 15.8. The molecule has 1 aromatic carbocycles. The molecule has 0 radical (unpaired) electrons. The molecule has 1 N–H and O–H groups in total. The first-order valence-corrected chi connectivity index (χ1v) is 11.4. The Morgan fingerprint density at radius 1 is 1.10 bits per heavy atom. The van der Waals surface area contributed by atoms with Gasteiger partial charge in [0.2, 0.25) is 0 Å². The Morgan fingerprint density at radius 2 is 1.90 bits per heavy atom. The van der Waals surface area contributed by atoms with Crippen molar-refractivity contribution >= 4 is 32.3 Å². The lowest BCUT2D eigenvalue weighted by atomic mass is 9.84. The average Bonchev–Trinajstić information content (AvgIpc) is 3.35. The van der Waals surface area contributed by atoms with Crippen LogP contribution in [0.1, 0.15) is 13.8 Å². The van der Waals surface area contributed by atoms with Gasteiger partial charge in [0.1, 0.15) is 4.90 Å². The molecule has 0 bridgehead atoms.